The Bertz CT molecular complexity index is 1340. The van der Waals surface area contributed by atoms with E-state index in [2.05, 4.69) is 5.32 Å². The molecule has 1 aromatic heterocycles. The molecule has 0 bridgehead atoms. The molecule has 34 heavy (non-hydrogen) atoms. The van der Waals surface area contributed by atoms with Gasteiger partial charge in [0.1, 0.15) is 11.3 Å². The van der Waals surface area contributed by atoms with Crippen LogP contribution in [0.3, 0.4) is 0 Å². The van der Waals surface area contributed by atoms with Crippen molar-refractivity contribution >= 4 is 22.4 Å². The summed E-state index contributed by atoms with van der Waals surface area (Å²) in [5, 5.41) is 3.83. The monoisotopic (exact) mass is 457 g/mol. The number of furan rings is 1. The highest BCUT2D eigenvalue weighted by atomic mass is 16.5. The predicted octanol–water partition coefficient (Wildman–Crippen LogP) is 5.85. The second-order valence-electron chi connectivity index (χ2n) is 7.80. The second-order valence-corrected chi connectivity index (χ2v) is 7.80. The van der Waals surface area contributed by atoms with Gasteiger partial charge in [-0.3, -0.25) is 4.79 Å². The minimum Gasteiger partial charge on any atom is -0.496 e. The third kappa shape index (κ3) is 4.76. The number of allylic oxidation sites excluding steroid dienone is 1. The molecule has 4 rings (SSSR count). The summed E-state index contributed by atoms with van der Waals surface area (Å²) in [6, 6.07) is 19.3. The van der Waals surface area contributed by atoms with Crippen LogP contribution in [-0.2, 0) is 11.3 Å². The zero-order valence-electron chi connectivity index (χ0n) is 19.7. The molecule has 1 amide bonds. The van der Waals surface area contributed by atoms with Crippen LogP contribution in [0.15, 0.2) is 77.4 Å². The first-order valence-electron chi connectivity index (χ1n) is 10.9. The van der Waals surface area contributed by atoms with Gasteiger partial charge in [-0.2, -0.15) is 0 Å². The molecule has 3 aromatic carbocycles. The molecule has 6 heteroatoms. The molecule has 6 nitrogen and oxygen atoms in total. The van der Waals surface area contributed by atoms with Crippen molar-refractivity contribution in [2.24, 2.45) is 0 Å². The first-order valence-corrected chi connectivity index (χ1v) is 10.9. The number of ether oxygens (including phenoxy) is 3. The molecule has 0 saturated heterocycles. The van der Waals surface area contributed by atoms with Crippen molar-refractivity contribution in [3.63, 3.8) is 0 Å². The van der Waals surface area contributed by atoms with E-state index in [0.29, 0.717) is 29.4 Å². The fraction of sp³-hybridized carbons (Fsp3) is 0.179. The van der Waals surface area contributed by atoms with Gasteiger partial charge in [-0.25, -0.2) is 0 Å². The molecule has 0 unspecified atom stereocenters. The number of nitrogens with one attached hydrogen (secondary N) is 1. The fourth-order valence-electron chi connectivity index (χ4n) is 3.87. The van der Waals surface area contributed by atoms with Gasteiger partial charge in [-0.1, -0.05) is 36.4 Å². The van der Waals surface area contributed by atoms with Crippen molar-refractivity contribution in [3.8, 4) is 28.4 Å². The maximum atomic E-state index is 12.6. The smallest absolute Gasteiger partial charge is 0.244 e. The van der Waals surface area contributed by atoms with Crippen LogP contribution in [0, 0.1) is 0 Å². The van der Waals surface area contributed by atoms with Crippen LogP contribution in [0.25, 0.3) is 27.7 Å². The summed E-state index contributed by atoms with van der Waals surface area (Å²) >= 11 is 0. The number of hydrogen-bond donors (Lipinski definition) is 1. The largest absolute Gasteiger partial charge is 0.496 e. The highest BCUT2D eigenvalue weighted by Gasteiger charge is 2.16. The molecule has 0 radical (unpaired) electrons. The molecule has 4 aromatic rings. The Hall–Kier alpha value is -4.19. The van der Waals surface area contributed by atoms with Crippen molar-refractivity contribution in [1.29, 1.82) is 0 Å². The maximum absolute atomic E-state index is 12.6. The maximum Gasteiger partial charge on any atom is 0.244 e. The van der Waals surface area contributed by atoms with Crippen LogP contribution in [0.1, 0.15) is 18.1 Å². The molecule has 174 valence electrons. The van der Waals surface area contributed by atoms with Crippen molar-refractivity contribution in [2.45, 2.75) is 13.5 Å². The van der Waals surface area contributed by atoms with Crippen molar-refractivity contribution < 1.29 is 23.4 Å². The Morgan fingerprint density at radius 3 is 2.35 bits per heavy atom. The highest BCUT2D eigenvalue weighted by molar-refractivity contribution is 6.00. The third-order valence-electron chi connectivity index (χ3n) is 5.67. The molecule has 0 spiro atoms. The Kier molecular flexibility index (Phi) is 6.87. The average molecular weight is 458 g/mol. The molecule has 1 heterocycles. The number of hydrogen-bond acceptors (Lipinski definition) is 5. The van der Waals surface area contributed by atoms with Crippen LogP contribution in [0.5, 0.6) is 17.2 Å². The molecule has 0 atom stereocenters. The molecule has 0 aliphatic carbocycles. The van der Waals surface area contributed by atoms with Crippen LogP contribution < -0.4 is 19.5 Å². The van der Waals surface area contributed by atoms with E-state index in [1.54, 1.807) is 33.7 Å². The van der Waals surface area contributed by atoms with E-state index in [9.17, 15) is 4.79 Å². The van der Waals surface area contributed by atoms with E-state index in [1.807, 2.05) is 67.6 Å². The van der Waals surface area contributed by atoms with E-state index < -0.39 is 0 Å². The molecule has 0 fully saturated rings. The van der Waals surface area contributed by atoms with Gasteiger partial charge in [0.2, 0.25) is 5.91 Å². The summed E-state index contributed by atoms with van der Waals surface area (Å²) in [4.78, 5) is 12.6. The van der Waals surface area contributed by atoms with E-state index in [1.165, 1.54) is 0 Å². The highest BCUT2D eigenvalue weighted by Crippen LogP contribution is 2.39. The van der Waals surface area contributed by atoms with Gasteiger partial charge in [-0.15, -0.1) is 0 Å². The zero-order chi connectivity index (χ0) is 24.1. The summed E-state index contributed by atoms with van der Waals surface area (Å²) in [7, 11) is 4.81. The van der Waals surface area contributed by atoms with Gasteiger partial charge in [0.25, 0.3) is 0 Å². The van der Waals surface area contributed by atoms with Gasteiger partial charge in [0.05, 0.1) is 27.6 Å². The standard InChI is InChI=1S/C28H27NO5/c1-18(12-28(30)29-16-19-8-6-5-7-9-19)21-14-22-23(17-34-26(22)15-25(21)32-3)20-10-11-24(31-2)27(13-20)33-4/h5-15,17H,16H2,1-4H3,(H,29,30)/b18-12+. The van der Waals surface area contributed by atoms with Gasteiger partial charge < -0.3 is 23.9 Å². The Labute approximate surface area is 198 Å². The van der Waals surface area contributed by atoms with Crippen LogP contribution in [-0.4, -0.2) is 27.2 Å². The van der Waals surface area contributed by atoms with E-state index in [-0.39, 0.29) is 5.91 Å². The Morgan fingerprint density at radius 2 is 1.65 bits per heavy atom. The number of benzene rings is 3. The number of amides is 1. The Balaban J connectivity index is 1.67. The van der Waals surface area contributed by atoms with Gasteiger partial charge in [-0.05, 0) is 41.8 Å². The number of rotatable bonds is 8. The van der Waals surface area contributed by atoms with Crippen LogP contribution in [0.2, 0.25) is 0 Å². The molecular formula is C28H27NO5. The predicted molar refractivity (Wildman–Crippen MR) is 133 cm³/mol. The minimum absolute atomic E-state index is 0.171. The topological polar surface area (TPSA) is 69.9 Å². The van der Waals surface area contributed by atoms with Crippen LogP contribution in [0.4, 0.5) is 0 Å². The van der Waals surface area contributed by atoms with Crippen LogP contribution >= 0.6 is 0 Å². The lowest BCUT2D eigenvalue weighted by Crippen LogP contribution is -2.20. The average Bonchev–Trinajstić information content (AvgIpc) is 3.29. The number of fused-ring (bicyclic) bond motifs is 1. The lowest BCUT2D eigenvalue weighted by Gasteiger charge is -2.11. The fourth-order valence-corrected chi connectivity index (χ4v) is 3.87. The van der Waals surface area contributed by atoms with Gasteiger partial charge in [0.15, 0.2) is 11.5 Å². The summed E-state index contributed by atoms with van der Waals surface area (Å²) in [6.07, 6.45) is 3.30. The van der Waals surface area contributed by atoms with E-state index in [0.717, 1.165) is 33.2 Å². The molecule has 0 aliphatic rings. The molecular weight excluding hydrogens is 430 g/mol. The summed E-state index contributed by atoms with van der Waals surface area (Å²) in [5.41, 5.74) is 5.15. The summed E-state index contributed by atoms with van der Waals surface area (Å²) < 4.78 is 22.2. The number of carbonyl (C=O) groups excluding carboxylic acids is 1. The zero-order valence-corrected chi connectivity index (χ0v) is 19.7. The van der Waals surface area contributed by atoms with Crippen molar-refractivity contribution in [1.82, 2.24) is 5.32 Å². The lowest BCUT2D eigenvalue weighted by atomic mass is 9.99. The first-order chi connectivity index (χ1) is 16.5. The quantitative estimate of drug-likeness (QED) is 0.336. The minimum atomic E-state index is -0.171. The van der Waals surface area contributed by atoms with E-state index in [4.69, 9.17) is 18.6 Å². The first kappa shape index (κ1) is 23.0. The lowest BCUT2D eigenvalue weighted by molar-refractivity contribution is -0.116. The molecule has 1 N–H and O–H groups in total. The normalized spacial score (nSPS) is 11.4. The second kappa shape index (κ2) is 10.2. The summed E-state index contributed by atoms with van der Waals surface area (Å²) in [5.74, 6) is 1.75. The SMILES string of the molecule is COc1ccc(-c2coc3cc(OC)c(/C(C)=C/C(=O)NCc4ccccc4)cc23)cc1OC. The van der Waals surface area contributed by atoms with Gasteiger partial charge in [0, 0.05) is 35.2 Å². The number of methoxy groups -OCH3 is 3. The molecule has 0 aliphatic heterocycles. The number of carbonyl (C=O) groups is 1. The van der Waals surface area contributed by atoms with Gasteiger partial charge >= 0.3 is 0 Å². The third-order valence-corrected chi connectivity index (χ3v) is 5.67. The van der Waals surface area contributed by atoms with E-state index >= 15 is 0 Å². The van der Waals surface area contributed by atoms with Crippen molar-refractivity contribution in [2.75, 3.05) is 21.3 Å². The Morgan fingerprint density at radius 1 is 0.912 bits per heavy atom. The summed E-state index contributed by atoms with van der Waals surface area (Å²) in [6.45, 7) is 2.35. The molecule has 0 saturated carbocycles. The van der Waals surface area contributed by atoms with Crippen molar-refractivity contribution in [3.05, 3.63) is 84.1 Å².